The summed E-state index contributed by atoms with van der Waals surface area (Å²) >= 11 is 0. The summed E-state index contributed by atoms with van der Waals surface area (Å²) in [4.78, 5) is 16.3. The lowest BCUT2D eigenvalue weighted by molar-refractivity contribution is 0.425. The molecule has 4 aromatic rings. The summed E-state index contributed by atoms with van der Waals surface area (Å²) < 4.78 is 15.0. The second-order valence-electron chi connectivity index (χ2n) is 8.32. The number of hydrogen-bond donors (Lipinski definition) is 4. The first-order valence-corrected chi connectivity index (χ1v) is 10.9. The Bertz CT molecular complexity index is 1420. The molecule has 1 fully saturated rings. The Morgan fingerprint density at radius 2 is 2.15 bits per heavy atom. The third kappa shape index (κ3) is 4.64. The minimum Gasteiger partial charge on any atom is -0.494 e. The van der Waals surface area contributed by atoms with Crippen LogP contribution < -0.4 is 16.2 Å². The molecule has 10 heteroatoms. The quantitative estimate of drug-likeness (QED) is 0.342. The lowest BCUT2D eigenvalue weighted by Gasteiger charge is -2.12. The number of anilines is 1. The molecule has 5 rings (SSSR count). The fourth-order valence-electron chi connectivity index (χ4n) is 3.77. The Balaban J connectivity index is 1.54. The summed E-state index contributed by atoms with van der Waals surface area (Å²) in [5.74, 6) is 0.487. The number of aromatic amines is 1. The van der Waals surface area contributed by atoms with Crippen molar-refractivity contribution >= 4 is 17.7 Å². The van der Waals surface area contributed by atoms with Crippen molar-refractivity contribution in [1.29, 1.82) is 0 Å². The molecular weight excluding hydrogens is 425 g/mol. The Kier molecular flexibility index (Phi) is 5.41. The number of hydrogen-bond acceptors (Lipinski definition) is 7. The van der Waals surface area contributed by atoms with Crippen LogP contribution in [0.15, 0.2) is 41.5 Å². The largest absolute Gasteiger partial charge is 0.494 e. The lowest BCUT2D eigenvalue weighted by atomic mass is 10.1. The maximum absolute atomic E-state index is 13.5. The van der Waals surface area contributed by atoms with Gasteiger partial charge in [0.25, 0.3) is 5.62 Å². The van der Waals surface area contributed by atoms with Crippen LogP contribution in [-0.4, -0.2) is 47.4 Å². The highest BCUT2D eigenvalue weighted by Crippen LogP contribution is 2.33. The van der Waals surface area contributed by atoms with Gasteiger partial charge in [-0.3, -0.25) is 4.98 Å². The number of nitrogens with one attached hydrogen (secondary N) is 2. The number of nitrogens with zero attached hydrogens (tertiary/aromatic N) is 5. The van der Waals surface area contributed by atoms with E-state index in [2.05, 4.69) is 37.3 Å². The Morgan fingerprint density at radius 3 is 2.88 bits per heavy atom. The molecule has 3 heterocycles. The Labute approximate surface area is 188 Å². The third-order valence-electron chi connectivity index (χ3n) is 5.73. The maximum Gasteiger partial charge on any atom is 0.251 e. The number of aromatic hydroxyl groups is 2. The average molecular weight is 449 g/mol. The van der Waals surface area contributed by atoms with Crippen LogP contribution in [-0.2, 0) is 6.42 Å². The molecule has 1 saturated carbocycles. The molecule has 1 aromatic carbocycles. The number of halogens is 1. The highest BCUT2D eigenvalue weighted by molar-refractivity contribution is 5.61. The highest BCUT2D eigenvalue weighted by atomic mass is 19.1. The fraction of sp³-hybridized carbons (Fsp3) is 0.304. The number of rotatable bonds is 7. The molecule has 0 amide bonds. The summed E-state index contributed by atoms with van der Waals surface area (Å²) in [6.07, 6.45) is 6.20. The zero-order valence-corrected chi connectivity index (χ0v) is 18.0. The van der Waals surface area contributed by atoms with Gasteiger partial charge < -0.3 is 15.5 Å². The van der Waals surface area contributed by atoms with Crippen LogP contribution in [0.1, 0.15) is 30.9 Å². The molecule has 0 radical (unpaired) electrons. The number of fused-ring (bicyclic) bond motifs is 1. The van der Waals surface area contributed by atoms with E-state index in [1.165, 1.54) is 35.6 Å². The summed E-state index contributed by atoms with van der Waals surface area (Å²) in [5, 5.41) is 28.0. The van der Waals surface area contributed by atoms with Gasteiger partial charge in [-0.15, -0.1) is 0 Å². The molecule has 0 unspecified atom stereocenters. The minimum absolute atomic E-state index is 0.140. The maximum atomic E-state index is 13.5. The monoisotopic (exact) mass is 449 g/mol. The normalized spacial score (nSPS) is 15.9. The standard InChI is InChI=1S/C23H24FN7O2/c1-13(15-5-6-15)27-22-29-20-17(10-16-11-19(32)28-21(16)33)12-26-31(20)23(30-22)25-8-7-14-3-2-4-18(24)9-14/h2-4,9-13,15,28,32-33H,5-8H2,1H3,(H,25,27,30)/t13-/m0/s1. The first-order chi connectivity index (χ1) is 16.0. The van der Waals surface area contributed by atoms with E-state index in [0.717, 1.165) is 5.56 Å². The zero-order chi connectivity index (χ0) is 22.9. The average Bonchev–Trinajstić information content (AvgIpc) is 3.48. The van der Waals surface area contributed by atoms with Crippen molar-refractivity contribution in [1.82, 2.24) is 24.6 Å². The van der Waals surface area contributed by atoms with Crippen LogP contribution in [0.25, 0.3) is 11.7 Å². The van der Waals surface area contributed by atoms with Gasteiger partial charge in [0.05, 0.1) is 6.20 Å². The predicted molar refractivity (Wildman–Crippen MR) is 120 cm³/mol. The van der Waals surface area contributed by atoms with E-state index in [4.69, 9.17) is 0 Å². The molecule has 0 aliphatic heterocycles. The second kappa shape index (κ2) is 8.53. The van der Waals surface area contributed by atoms with Crippen LogP contribution in [0, 0.1) is 11.7 Å². The van der Waals surface area contributed by atoms with Crippen LogP contribution in [0.4, 0.5) is 10.3 Å². The van der Waals surface area contributed by atoms with Crippen molar-refractivity contribution in [3.05, 3.63) is 64.3 Å². The number of aromatic nitrogens is 5. The van der Waals surface area contributed by atoms with E-state index in [1.807, 2.05) is 6.07 Å². The van der Waals surface area contributed by atoms with Crippen molar-refractivity contribution in [3.8, 4) is 11.8 Å². The third-order valence-corrected chi connectivity index (χ3v) is 5.73. The minimum atomic E-state index is -0.274. The van der Waals surface area contributed by atoms with E-state index in [0.29, 0.717) is 46.9 Å². The van der Waals surface area contributed by atoms with Gasteiger partial charge in [0.2, 0.25) is 5.95 Å². The summed E-state index contributed by atoms with van der Waals surface area (Å²) in [5.41, 5.74) is 2.15. The SMILES string of the molecule is C[C@H](Nc1nc(=NCCc2cccc(F)c2)n2ncc(=Cc3cc(O)[nH]c3O)c2n1)C1CC1. The van der Waals surface area contributed by atoms with Gasteiger partial charge in [-0.05, 0) is 55.9 Å². The summed E-state index contributed by atoms with van der Waals surface area (Å²) in [6.45, 7) is 2.51. The molecule has 0 saturated heterocycles. The van der Waals surface area contributed by atoms with Crippen LogP contribution in [0.2, 0.25) is 0 Å². The topological polar surface area (TPSA) is 124 Å². The Hall–Kier alpha value is -3.95. The fourth-order valence-corrected chi connectivity index (χ4v) is 3.77. The molecule has 4 N–H and O–H groups in total. The Morgan fingerprint density at radius 1 is 1.30 bits per heavy atom. The van der Waals surface area contributed by atoms with Crippen molar-refractivity contribution < 1.29 is 14.6 Å². The summed E-state index contributed by atoms with van der Waals surface area (Å²) in [6, 6.07) is 8.09. The molecular formula is C23H24FN7O2. The number of benzene rings is 1. The van der Waals surface area contributed by atoms with Gasteiger partial charge in [-0.1, -0.05) is 12.1 Å². The molecule has 9 nitrogen and oxygen atoms in total. The van der Waals surface area contributed by atoms with Gasteiger partial charge in [0.15, 0.2) is 17.4 Å². The molecule has 1 atom stereocenters. The summed E-state index contributed by atoms with van der Waals surface area (Å²) in [7, 11) is 0. The van der Waals surface area contributed by atoms with E-state index in [1.54, 1.807) is 18.3 Å². The highest BCUT2D eigenvalue weighted by Gasteiger charge is 2.28. The van der Waals surface area contributed by atoms with Crippen LogP contribution >= 0.6 is 0 Å². The molecule has 33 heavy (non-hydrogen) atoms. The smallest absolute Gasteiger partial charge is 0.251 e. The number of H-pyrrole nitrogens is 1. The van der Waals surface area contributed by atoms with Gasteiger partial charge in [-0.2, -0.15) is 19.6 Å². The molecule has 1 aliphatic rings. The van der Waals surface area contributed by atoms with Gasteiger partial charge >= 0.3 is 0 Å². The zero-order valence-electron chi connectivity index (χ0n) is 18.0. The van der Waals surface area contributed by atoms with Gasteiger partial charge in [0.1, 0.15) is 5.82 Å². The second-order valence-corrected chi connectivity index (χ2v) is 8.32. The molecule has 0 spiro atoms. The van der Waals surface area contributed by atoms with Crippen molar-refractivity contribution in [3.63, 3.8) is 0 Å². The molecule has 170 valence electrons. The first kappa shape index (κ1) is 20.9. The first-order valence-electron chi connectivity index (χ1n) is 10.9. The molecule has 1 aliphatic carbocycles. The van der Waals surface area contributed by atoms with E-state index in [-0.39, 0.29) is 23.6 Å². The van der Waals surface area contributed by atoms with Gasteiger partial charge in [0, 0.05) is 29.4 Å². The van der Waals surface area contributed by atoms with Gasteiger partial charge in [-0.25, -0.2) is 9.38 Å². The van der Waals surface area contributed by atoms with Crippen molar-refractivity contribution in [2.75, 3.05) is 11.9 Å². The van der Waals surface area contributed by atoms with Crippen molar-refractivity contribution in [2.45, 2.75) is 32.2 Å². The van der Waals surface area contributed by atoms with Crippen LogP contribution in [0.3, 0.4) is 0 Å². The predicted octanol–water partition coefficient (Wildman–Crippen LogP) is 1.90. The van der Waals surface area contributed by atoms with E-state index >= 15 is 0 Å². The lowest BCUT2D eigenvalue weighted by Crippen LogP contribution is -2.27. The van der Waals surface area contributed by atoms with E-state index in [9.17, 15) is 14.6 Å². The van der Waals surface area contributed by atoms with Crippen LogP contribution in [0.5, 0.6) is 11.8 Å². The van der Waals surface area contributed by atoms with Crippen molar-refractivity contribution in [2.24, 2.45) is 10.9 Å². The molecule has 3 aromatic heterocycles. The van der Waals surface area contributed by atoms with E-state index < -0.39 is 0 Å². The molecule has 0 bridgehead atoms.